The van der Waals surface area contributed by atoms with E-state index in [1.807, 2.05) is 24.3 Å². The van der Waals surface area contributed by atoms with Gasteiger partial charge in [-0.1, -0.05) is 137 Å². The standard InChI is InChI=1S/C50H38N2O2S2/c1-49(2)37-17-9-10-18-41(37)51(47-35-15-7-5-13-31(35)21-25-38(47)49)33-23-27-45-39(29-33)50(3,4)40-30-34(24-28-46(40)56(45,53)54)52-42-19-11-12-20-43(42)55-44-26-22-32-14-6-8-16-36(32)48(44)52/h5-30H,1-4H3. The molecule has 0 aromatic heterocycles. The smallest absolute Gasteiger partial charge is 0.207 e. The zero-order valence-electron chi connectivity index (χ0n) is 31.5. The van der Waals surface area contributed by atoms with E-state index in [0.717, 1.165) is 60.9 Å². The Hall–Kier alpha value is -5.82. The van der Waals surface area contributed by atoms with Crippen molar-refractivity contribution in [3.63, 3.8) is 0 Å². The molecule has 0 amide bonds. The highest BCUT2D eigenvalue weighted by atomic mass is 32.2. The van der Waals surface area contributed by atoms with Gasteiger partial charge >= 0.3 is 0 Å². The number of hydrogen-bond donors (Lipinski definition) is 0. The van der Waals surface area contributed by atoms with Crippen LogP contribution in [0.25, 0.3) is 21.5 Å². The summed E-state index contributed by atoms with van der Waals surface area (Å²) < 4.78 is 29.5. The van der Waals surface area contributed by atoms with Gasteiger partial charge in [-0.15, -0.1) is 0 Å². The lowest BCUT2D eigenvalue weighted by atomic mass is 9.72. The summed E-state index contributed by atoms with van der Waals surface area (Å²) in [5, 5.41) is 4.65. The number of fused-ring (bicyclic) bond motifs is 10. The van der Waals surface area contributed by atoms with Crippen molar-refractivity contribution >= 4 is 77.3 Å². The molecule has 0 bridgehead atoms. The monoisotopic (exact) mass is 762 g/mol. The van der Waals surface area contributed by atoms with E-state index in [4.69, 9.17) is 0 Å². The molecule has 3 aliphatic rings. The Labute approximate surface area is 332 Å². The largest absolute Gasteiger partial charge is 0.309 e. The van der Waals surface area contributed by atoms with Gasteiger partial charge in [0.05, 0.1) is 32.5 Å². The van der Waals surface area contributed by atoms with E-state index in [1.54, 1.807) is 11.8 Å². The molecule has 11 rings (SSSR count). The molecule has 3 heterocycles. The third-order valence-electron chi connectivity index (χ3n) is 12.4. The minimum absolute atomic E-state index is 0.242. The first-order valence-electron chi connectivity index (χ1n) is 19.1. The molecule has 0 aliphatic carbocycles. The normalized spacial score (nSPS) is 16.6. The predicted molar refractivity (Wildman–Crippen MR) is 231 cm³/mol. The van der Waals surface area contributed by atoms with Crippen molar-refractivity contribution in [2.75, 3.05) is 9.80 Å². The maximum Gasteiger partial charge on any atom is 0.207 e. The quantitative estimate of drug-likeness (QED) is 0.175. The fraction of sp³-hybridized carbons (Fsp3) is 0.120. The Morgan fingerprint density at radius 1 is 0.446 bits per heavy atom. The molecule has 0 saturated carbocycles. The Morgan fingerprint density at radius 2 is 0.964 bits per heavy atom. The summed E-state index contributed by atoms with van der Waals surface area (Å²) in [6.07, 6.45) is 0. The fourth-order valence-electron chi connectivity index (χ4n) is 9.54. The molecule has 0 unspecified atom stereocenters. The second-order valence-corrected chi connectivity index (χ2v) is 19.2. The molecule has 0 N–H and O–H groups in total. The highest BCUT2D eigenvalue weighted by Gasteiger charge is 2.43. The zero-order chi connectivity index (χ0) is 38.1. The van der Waals surface area contributed by atoms with Gasteiger partial charge in [-0.25, -0.2) is 8.42 Å². The number of nitrogens with zero attached hydrogens (tertiary/aromatic N) is 2. The number of rotatable bonds is 2. The summed E-state index contributed by atoms with van der Waals surface area (Å²) >= 11 is 1.78. The molecular weight excluding hydrogens is 725 g/mol. The van der Waals surface area contributed by atoms with Crippen molar-refractivity contribution in [3.05, 3.63) is 180 Å². The first-order chi connectivity index (χ1) is 27.0. The lowest BCUT2D eigenvalue weighted by Gasteiger charge is -2.43. The van der Waals surface area contributed by atoms with Crippen LogP contribution in [-0.2, 0) is 20.7 Å². The van der Waals surface area contributed by atoms with E-state index in [0.29, 0.717) is 9.79 Å². The maximum absolute atomic E-state index is 14.8. The van der Waals surface area contributed by atoms with Gasteiger partial charge in [0.1, 0.15) is 0 Å². The molecule has 272 valence electrons. The minimum Gasteiger partial charge on any atom is -0.309 e. The summed E-state index contributed by atoms with van der Waals surface area (Å²) in [4.78, 5) is 7.74. The van der Waals surface area contributed by atoms with E-state index in [-0.39, 0.29) is 5.41 Å². The van der Waals surface area contributed by atoms with Gasteiger partial charge < -0.3 is 9.80 Å². The van der Waals surface area contributed by atoms with Gasteiger partial charge in [0, 0.05) is 42.8 Å². The van der Waals surface area contributed by atoms with E-state index < -0.39 is 15.3 Å². The Morgan fingerprint density at radius 3 is 1.64 bits per heavy atom. The number of benzene rings is 8. The Bertz CT molecular complexity index is 3110. The average Bonchev–Trinajstić information content (AvgIpc) is 3.22. The van der Waals surface area contributed by atoms with Crippen molar-refractivity contribution in [1.82, 2.24) is 0 Å². The third kappa shape index (κ3) is 4.51. The van der Waals surface area contributed by atoms with Crippen molar-refractivity contribution in [2.24, 2.45) is 0 Å². The van der Waals surface area contributed by atoms with Gasteiger partial charge in [-0.05, 0) is 93.7 Å². The molecule has 0 fully saturated rings. The molecule has 0 saturated heterocycles. The highest BCUT2D eigenvalue weighted by Crippen LogP contribution is 2.57. The molecule has 0 spiro atoms. The van der Waals surface area contributed by atoms with Gasteiger partial charge in [0.25, 0.3) is 0 Å². The summed E-state index contributed by atoms with van der Waals surface area (Å²) in [7, 11) is -3.84. The van der Waals surface area contributed by atoms with E-state index >= 15 is 0 Å². The van der Waals surface area contributed by atoms with Gasteiger partial charge in [-0.2, -0.15) is 0 Å². The zero-order valence-corrected chi connectivity index (χ0v) is 33.2. The molecule has 3 aliphatic heterocycles. The van der Waals surface area contributed by atoms with Gasteiger partial charge in [-0.3, -0.25) is 0 Å². The lowest BCUT2D eigenvalue weighted by Crippen LogP contribution is -2.32. The molecular formula is C50H38N2O2S2. The van der Waals surface area contributed by atoms with E-state index in [1.165, 1.54) is 26.8 Å². The molecule has 4 nitrogen and oxygen atoms in total. The third-order valence-corrected chi connectivity index (χ3v) is 15.4. The maximum atomic E-state index is 14.8. The van der Waals surface area contributed by atoms with Crippen LogP contribution in [0, 0.1) is 0 Å². The second-order valence-electron chi connectivity index (χ2n) is 16.2. The summed E-state index contributed by atoms with van der Waals surface area (Å²) in [6.45, 7) is 8.95. The van der Waals surface area contributed by atoms with Crippen LogP contribution in [0.3, 0.4) is 0 Å². The topological polar surface area (TPSA) is 40.6 Å². The number of hydrogen-bond acceptors (Lipinski definition) is 5. The molecule has 8 aromatic rings. The van der Waals surface area contributed by atoms with Crippen LogP contribution in [0.1, 0.15) is 49.9 Å². The van der Waals surface area contributed by atoms with Crippen molar-refractivity contribution in [3.8, 4) is 0 Å². The van der Waals surface area contributed by atoms with E-state index in [2.05, 4.69) is 171 Å². The second kappa shape index (κ2) is 11.6. The first-order valence-corrected chi connectivity index (χ1v) is 21.4. The fourth-order valence-corrected chi connectivity index (χ4v) is 12.6. The number of para-hydroxylation sites is 2. The average molecular weight is 763 g/mol. The van der Waals surface area contributed by atoms with Gasteiger partial charge in [0.2, 0.25) is 9.84 Å². The van der Waals surface area contributed by atoms with Crippen molar-refractivity contribution < 1.29 is 8.42 Å². The first kappa shape index (κ1) is 33.5. The predicted octanol–water partition coefficient (Wildman–Crippen LogP) is 13.5. The lowest BCUT2D eigenvalue weighted by molar-refractivity contribution is 0.556. The number of anilines is 6. The van der Waals surface area contributed by atoms with Crippen LogP contribution in [0.2, 0.25) is 0 Å². The number of sulfone groups is 1. The van der Waals surface area contributed by atoms with Crippen LogP contribution < -0.4 is 9.80 Å². The summed E-state index contributed by atoms with van der Waals surface area (Å²) in [6, 6.07) is 55.0. The Balaban J connectivity index is 1.12. The van der Waals surface area contributed by atoms with Crippen LogP contribution >= 0.6 is 11.8 Å². The summed E-state index contributed by atoms with van der Waals surface area (Å²) in [5.41, 5.74) is 9.48. The van der Waals surface area contributed by atoms with Crippen LogP contribution in [-0.4, -0.2) is 8.42 Å². The van der Waals surface area contributed by atoms with Crippen molar-refractivity contribution in [2.45, 2.75) is 58.1 Å². The minimum atomic E-state index is -3.84. The molecule has 8 aromatic carbocycles. The van der Waals surface area contributed by atoms with E-state index in [9.17, 15) is 8.42 Å². The molecule has 0 radical (unpaired) electrons. The molecule has 56 heavy (non-hydrogen) atoms. The van der Waals surface area contributed by atoms with Crippen LogP contribution in [0.5, 0.6) is 0 Å². The van der Waals surface area contributed by atoms with Crippen molar-refractivity contribution in [1.29, 1.82) is 0 Å². The molecule has 6 heteroatoms. The van der Waals surface area contributed by atoms with Crippen LogP contribution in [0.4, 0.5) is 34.1 Å². The summed E-state index contributed by atoms with van der Waals surface area (Å²) in [5.74, 6) is 0. The Kier molecular flexibility index (Phi) is 6.95. The SMILES string of the molecule is CC1(C)c2cc(N3c4ccccc4Sc4ccc5ccccc5c43)ccc2S(=O)(=O)c2ccc(N3c4ccccc4C(C)(C)c4ccc5ccccc5c43)cc21. The molecule has 0 atom stereocenters. The van der Waals surface area contributed by atoms with Gasteiger partial charge in [0.15, 0.2) is 0 Å². The van der Waals surface area contributed by atoms with Crippen LogP contribution in [0.15, 0.2) is 177 Å². The highest BCUT2D eigenvalue weighted by molar-refractivity contribution is 7.99.